The Hall–Kier alpha value is -2.27. The van der Waals surface area contributed by atoms with Crippen LogP contribution in [-0.2, 0) is 12.8 Å². The molecule has 0 radical (unpaired) electrons. The zero-order chi connectivity index (χ0) is 16.9. The molecule has 128 valence electrons. The van der Waals surface area contributed by atoms with Crippen LogP contribution in [0.1, 0.15) is 54.4 Å². The summed E-state index contributed by atoms with van der Waals surface area (Å²) in [6, 6.07) is 9.48. The molecule has 0 fully saturated rings. The highest BCUT2D eigenvalue weighted by Gasteiger charge is 2.15. The van der Waals surface area contributed by atoms with Crippen LogP contribution in [0.2, 0.25) is 0 Å². The van der Waals surface area contributed by atoms with E-state index in [2.05, 4.69) is 28.8 Å². The highest BCUT2D eigenvalue weighted by Crippen LogP contribution is 2.24. The third-order valence-electron chi connectivity index (χ3n) is 4.55. The maximum absolute atomic E-state index is 12.0. The number of furan rings is 1. The molecular weight excluding hydrogens is 304 g/mol. The van der Waals surface area contributed by atoms with Crippen molar-refractivity contribution in [3.05, 3.63) is 59.0 Å². The van der Waals surface area contributed by atoms with Crippen LogP contribution in [0, 0.1) is 0 Å². The number of fused-ring (bicyclic) bond motifs is 1. The lowest BCUT2D eigenvalue weighted by atomic mass is 9.89. The minimum Gasteiger partial charge on any atom is -0.467 e. The molecule has 1 aliphatic rings. The predicted octanol–water partition coefficient (Wildman–Crippen LogP) is 3.25. The van der Waals surface area contributed by atoms with E-state index in [9.17, 15) is 9.90 Å². The highest BCUT2D eigenvalue weighted by atomic mass is 16.4. The van der Waals surface area contributed by atoms with Gasteiger partial charge in [0.05, 0.1) is 18.8 Å². The minimum atomic E-state index is -0.843. The normalized spacial score (nSPS) is 16.1. The number of benzene rings is 1. The molecule has 5 heteroatoms. The number of aliphatic hydroxyl groups excluding tert-OH is 1. The smallest absolute Gasteiger partial charge is 0.315 e. The Balaban J connectivity index is 1.52. The van der Waals surface area contributed by atoms with Crippen molar-refractivity contribution in [3.63, 3.8) is 0 Å². The van der Waals surface area contributed by atoms with Crippen molar-refractivity contribution in [2.45, 2.75) is 44.8 Å². The molecule has 1 aliphatic carbocycles. The third kappa shape index (κ3) is 3.97. The molecule has 2 unspecified atom stereocenters. The van der Waals surface area contributed by atoms with Crippen LogP contribution < -0.4 is 10.6 Å². The number of carbonyl (C=O) groups excluding carboxylic acids is 1. The van der Waals surface area contributed by atoms with Crippen molar-refractivity contribution in [2.75, 3.05) is 6.54 Å². The largest absolute Gasteiger partial charge is 0.467 e. The summed E-state index contributed by atoms with van der Waals surface area (Å²) in [5.74, 6) is 0.443. The SMILES string of the molecule is CC(NC(=O)NCC(O)c1ccco1)c1ccc2c(c1)CCCC2. The Labute approximate surface area is 142 Å². The lowest BCUT2D eigenvalue weighted by molar-refractivity contribution is 0.147. The van der Waals surface area contributed by atoms with Gasteiger partial charge in [-0.1, -0.05) is 18.2 Å². The van der Waals surface area contributed by atoms with E-state index >= 15 is 0 Å². The van der Waals surface area contributed by atoms with Gasteiger partial charge in [-0.2, -0.15) is 0 Å². The number of rotatable bonds is 5. The lowest BCUT2D eigenvalue weighted by Crippen LogP contribution is -2.39. The Kier molecular flexibility index (Phi) is 5.20. The number of aryl methyl sites for hydroxylation is 2. The summed E-state index contributed by atoms with van der Waals surface area (Å²) in [6.45, 7) is 2.07. The van der Waals surface area contributed by atoms with Gasteiger partial charge in [-0.25, -0.2) is 4.79 Å². The van der Waals surface area contributed by atoms with Gasteiger partial charge in [0.25, 0.3) is 0 Å². The van der Waals surface area contributed by atoms with Crippen LogP contribution >= 0.6 is 0 Å². The summed E-state index contributed by atoms with van der Waals surface area (Å²) in [5, 5.41) is 15.5. The summed E-state index contributed by atoms with van der Waals surface area (Å²) >= 11 is 0. The lowest BCUT2D eigenvalue weighted by Gasteiger charge is -2.20. The molecule has 0 saturated heterocycles. The second kappa shape index (κ2) is 7.53. The summed E-state index contributed by atoms with van der Waals surface area (Å²) in [7, 11) is 0. The molecule has 2 atom stereocenters. The third-order valence-corrected chi connectivity index (χ3v) is 4.55. The van der Waals surface area contributed by atoms with Crippen LogP contribution in [0.3, 0.4) is 0 Å². The van der Waals surface area contributed by atoms with Gasteiger partial charge in [-0.15, -0.1) is 0 Å². The van der Waals surface area contributed by atoms with Crippen molar-refractivity contribution in [1.29, 1.82) is 0 Å². The molecule has 24 heavy (non-hydrogen) atoms. The first-order chi connectivity index (χ1) is 11.6. The zero-order valence-electron chi connectivity index (χ0n) is 13.9. The van der Waals surface area contributed by atoms with Gasteiger partial charge in [0.15, 0.2) is 0 Å². The molecular formula is C19H24N2O3. The molecule has 3 N–H and O–H groups in total. The molecule has 1 aromatic heterocycles. The Bertz CT molecular complexity index is 682. The fourth-order valence-electron chi connectivity index (χ4n) is 3.12. The second-order valence-electron chi connectivity index (χ2n) is 6.34. The maximum atomic E-state index is 12.0. The van der Waals surface area contributed by atoms with Crippen molar-refractivity contribution >= 4 is 6.03 Å². The van der Waals surface area contributed by atoms with Gasteiger partial charge < -0.3 is 20.2 Å². The van der Waals surface area contributed by atoms with Gasteiger partial charge in [0.1, 0.15) is 11.9 Å². The first-order valence-corrected chi connectivity index (χ1v) is 8.51. The van der Waals surface area contributed by atoms with Crippen LogP contribution in [0.4, 0.5) is 4.79 Å². The Morgan fingerprint density at radius 2 is 2.04 bits per heavy atom. The average Bonchev–Trinajstić information content (AvgIpc) is 3.14. The molecule has 2 aromatic rings. The maximum Gasteiger partial charge on any atom is 0.315 e. The number of aliphatic hydroxyl groups is 1. The number of amides is 2. The molecule has 1 aromatic carbocycles. The molecule has 0 saturated carbocycles. The van der Waals surface area contributed by atoms with Gasteiger partial charge >= 0.3 is 6.03 Å². The minimum absolute atomic E-state index is 0.0852. The van der Waals surface area contributed by atoms with Crippen molar-refractivity contribution in [2.24, 2.45) is 0 Å². The van der Waals surface area contributed by atoms with E-state index in [1.54, 1.807) is 12.1 Å². The van der Waals surface area contributed by atoms with Crippen LogP contribution in [0.5, 0.6) is 0 Å². The molecule has 0 spiro atoms. The zero-order valence-corrected chi connectivity index (χ0v) is 13.9. The molecule has 1 heterocycles. The van der Waals surface area contributed by atoms with Gasteiger partial charge in [-0.05, 0) is 61.4 Å². The van der Waals surface area contributed by atoms with E-state index < -0.39 is 6.10 Å². The van der Waals surface area contributed by atoms with E-state index in [-0.39, 0.29) is 18.6 Å². The fraction of sp³-hybridized carbons (Fsp3) is 0.421. The standard InChI is InChI=1S/C19H24N2O3/c1-13(15-9-8-14-5-2-3-6-16(14)11-15)21-19(23)20-12-17(22)18-7-4-10-24-18/h4,7-11,13,17,22H,2-3,5-6,12H2,1H3,(H2,20,21,23). The monoisotopic (exact) mass is 328 g/mol. The van der Waals surface area contributed by atoms with Crippen LogP contribution in [-0.4, -0.2) is 17.7 Å². The van der Waals surface area contributed by atoms with Crippen LogP contribution in [0.15, 0.2) is 41.0 Å². The summed E-state index contributed by atoms with van der Waals surface area (Å²) in [5.41, 5.74) is 3.95. The molecule has 2 amide bonds. The van der Waals surface area contributed by atoms with Crippen molar-refractivity contribution < 1.29 is 14.3 Å². The summed E-state index contributed by atoms with van der Waals surface area (Å²) in [4.78, 5) is 12.0. The topological polar surface area (TPSA) is 74.5 Å². The Morgan fingerprint density at radius 1 is 1.25 bits per heavy atom. The van der Waals surface area contributed by atoms with Gasteiger partial charge in [0.2, 0.25) is 0 Å². The average molecular weight is 328 g/mol. The molecule has 0 bridgehead atoms. The first kappa shape index (κ1) is 16.6. The van der Waals surface area contributed by atoms with Crippen molar-refractivity contribution in [3.8, 4) is 0 Å². The molecule has 3 rings (SSSR count). The van der Waals surface area contributed by atoms with E-state index in [0.29, 0.717) is 5.76 Å². The van der Waals surface area contributed by atoms with E-state index in [1.807, 2.05) is 6.92 Å². The highest BCUT2D eigenvalue weighted by molar-refractivity contribution is 5.74. The quantitative estimate of drug-likeness (QED) is 0.789. The van der Waals surface area contributed by atoms with Crippen LogP contribution in [0.25, 0.3) is 0 Å². The molecule has 5 nitrogen and oxygen atoms in total. The number of hydrogen-bond acceptors (Lipinski definition) is 3. The molecule has 0 aliphatic heterocycles. The van der Waals surface area contributed by atoms with Crippen molar-refractivity contribution in [1.82, 2.24) is 10.6 Å². The second-order valence-corrected chi connectivity index (χ2v) is 6.34. The van der Waals surface area contributed by atoms with Gasteiger partial charge in [-0.3, -0.25) is 0 Å². The number of carbonyl (C=O) groups is 1. The van der Waals surface area contributed by atoms with E-state index in [0.717, 1.165) is 18.4 Å². The number of hydrogen-bond donors (Lipinski definition) is 3. The summed E-state index contributed by atoms with van der Waals surface area (Å²) in [6.07, 6.45) is 5.44. The first-order valence-electron chi connectivity index (χ1n) is 8.51. The number of nitrogens with one attached hydrogen (secondary N) is 2. The summed E-state index contributed by atoms with van der Waals surface area (Å²) < 4.78 is 5.11. The Morgan fingerprint density at radius 3 is 2.79 bits per heavy atom. The predicted molar refractivity (Wildman–Crippen MR) is 91.7 cm³/mol. The number of urea groups is 1. The fourth-order valence-corrected chi connectivity index (χ4v) is 3.12. The van der Waals surface area contributed by atoms with Gasteiger partial charge in [0, 0.05) is 0 Å². The van der Waals surface area contributed by atoms with E-state index in [4.69, 9.17) is 4.42 Å². The van der Waals surface area contributed by atoms with E-state index in [1.165, 1.54) is 30.2 Å².